The molecule has 6 rings (SSSR count). The lowest BCUT2D eigenvalue weighted by atomic mass is 9.84. The number of rotatable bonds is 8. The van der Waals surface area contributed by atoms with E-state index in [9.17, 15) is 0 Å². The minimum Gasteiger partial charge on any atom is -0.489 e. The molecule has 1 saturated heterocycles. The summed E-state index contributed by atoms with van der Waals surface area (Å²) in [6.45, 7) is 4.37. The second-order valence-corrected chi connectivity index (χ2v) is 10.1. The molecule has 0 N–H and O–H groups in total. The van der Waals surface area contributed by atoms with Gasteiger partial charge in [-0.05, 0) is 75.2 Å². The maximum Gasteiger partial charge on any atom is 0.162 e. The Balaban J connectivity index is 1.25. The fourth-order valence-electron chi connectivity index (χ4n) is 5.81. The Morgan fingerprint density at radius 3 is 2.61 bits per heavy atom. The molecule has 2 aromatic carbocycles. The Kier molecular flexibility index (Phi) is 6.81. The van der Waals surface area contributed by atoms with Crippen LogP contribution in [0.5, 0.6) is 5.75 Å². The molecule has 0 atom stereocenters. The van der Waals surface area contributed by atoms with Crippen molar-refractivity contribution < 1.29 is 4.74 Å². The first-order valence-corrected chi connectivity index (χ1v) is 13.3. The van der Waals surface area contributed by atoms with Crippen molar-refractivity contribution in [2.45, 2.75) is 51.2 Å². The number of likely N-dealkylation sites (tertiary alicyclic amines) is 1. The van der Waals surface area contributed by atoms with Gasteiger partial charge in [0, 0.05) is 24.3 Å². The summed E-state index contributed by atoms with van der Waals surface area (Å²) in [7, 11) is 0. The molecule has 0 bridgehead atoms. The van der Waals surface area contributed by atoms with Gasteiger partial charge in [-0.25, -0.2) is 14.5 Å². The first-order valence-electron chi connectivity index (χ1n) is 13.3. The molecule has 7 nitrogen and oxygen atoms in total. The molecule has 0 amide bonds. The second kappa shape index (κ2) is 10.7. The summed E-state index contributed by atoms with van der Waals surface area (Å²) in [5, 5.41) is 4.36. The van der Waals surface area contributed by atoms with E-state index < -0.39 is 0 Å². The van der Waals surface area contributed by atoms with Gasteiger partial charge in [0.1, 0.15) is 30.5 Å². The summed E-state index contributed by atoms with van der Waals surface area (Å²) in [5.41, 5.74) is 3.19. The number of imidazole rings is 1. The van der Waals surface area contributed by atoms with E-state index in [0.717, 1.165) is 47.1 Å². The average molecular weight is 483 g/mol. The van der Waals surface area contributed by atoms with E-state index in [1.54, 1.807) is 12.7 Å². The fourth-order valence-corrected chi connectivity index (χ4v) is 5.81. The highest BCUT2D eigenvalue weighted by atomic mass is 16.5. The first kappa shape index (κ1) is 23.0. The van der Waals surface area contributed by atoms with Crippen molar-refractivity contribution in [2.75, 3.05) is 24.5 Å². The zero-order chi connectivity index (χ0) is 24.2. The van der Waals surface area contributed by atoms with Crippen molar-refractivity contribution >= 4 is 17.0 Å². The lowest BCUT2D eigenvalue weighted by molar-refractivity contribution is 0.224. The van der Waals surface area contributed by atoms with Crippen LogP contribution in [-0.2, 0) is 6.61 Å². The summed E-state index contributed by atoms with van der Waals surface area (Å²) in [5.74, 6) is 2.57. The molecular formula is C29H34N6O. The topological polar surface area (TPSA) is 58.8 Å². The lowest BCUT2D eigenvalue weighted by Gasteiger charge is -2.38. The van der Waals surface area contributed by atoms with Crippen molar-refractivity contribution in [1.29, 1.82) is 0 Å². The van der Waals surface area contributed by atoms with Gasteiger partial charge in [-0.1, -0.05) is 36.4 Å². The molecule has 4 aromatic rings. The molecule has 2 fully saturated rings. The van der Waals surface area contributed by atoms with Gasteiger partial charge in [0.15, 0.2) is 5.82 Å². The molecule has 7 heteroatoms. The number of benzene rings is 2. The fraction of sp³-hybridized carbons (Fsp3) is 0.414. The van der Waals surface area contributed by atoms with Crippen LogP contribution in [-0.4, -0.2) is 50.2 Å². The van der Waals surface area contributed by atoms with E-state index in [-0.39, 0.29) is 0 Å². The molecule has 36 heavy (non-hydrogen) atoms. The minimum absolute atomic E-state index is 0.373. The molecule has 186 valence electrons. The van der Waals surface area contributed by atoms with E-state index in [1.165, 1.54) is 45.3 Å². The molecule has 0 unspecified atom stereocenters. The number of anilines is 2. The third kappa shape index (κ3) is 5.07. The third-order valence-corrected chi connectivity index (χ3v) is 7.67. The van der Waals surface area contributed by atoms with E-state index >= 15 is 0 Å². The van der Waals surface area contributed by atoms with Gasteiger partial charge in [0.2, 0.25) is 0 Å². The minimum atomic E-state index is 0.373. The Morgan fingerprint density at radius 1 is 0.944 bits per heavy atom. The number of fused-ring (bicyclic) bond motifs is 1. The maximum absolute atomic E-state index is 6.19. The number of nitrogens with zero attached hydrogens (tertiary/aromatic N) is 6. The van der Waals surface area contributed by atoms with Gasteiger partial charge in [0.05, 0.1) is 6.20 Å². The monoisotopic (exact) mass is 482 g/mol. The predicted octanol–water partition coefficient (Wildman–Crippen LogP) is 5.50. The molecule has 2 aliphatic rings. The molecule has 1 saturated carbocycles. The van der Waals surface area contributed by atoms with Crippen LogP contribution in [0.15, 0.2) is 73.4 Å². The molecule has 0 spiro atoms. The van der Waals surface area contributed by atoms with Crippen molar-refractivity contribution in [3.05, 3.63) is 79.0 Å². The van der Waals surface area contributed by atoms with Crippen molar-refractivity contribution in [2.24, 2.45) is 5.92 Å². The van der Waals surface area contributed by atoms with E-state index in [4.69, 9.17) is 9.72 Å². The van der Waals surface area contributed by atoms with Crippen molar-refractivity contribution in [3.63, 3.8) is 0 Å². The van der Waals surface area contributed by atoms with Crippen LogP contribution in [0, 0.1) is 5.92 Å². The van der Waals surface area contributed by atoms with Gasteiger partial charge in [-0.3, -0.25) is 0 Å². The van der Waals surface area contributed by atoms with E-state index in [1.807, 2.05) is 35.0 Å². The van der Waals surface area contributed by atoms with Crippen LogP contribution in [0.4, 0.5) is 11.5 Å². The van der Waals surface area contributed by atoms with Gasteiger partial charge < -0.3 is 14.5 Å². The van der Waals surface area contributed by atoms with Crippen LogP contribution < -0.4 is 9.64 Å². The van der Waals surface area contributed by atoms with Crippen LogP contribution in [0.25, 0.3) is 5.52 Å². The number of hydrogen-bond donors (Lipinski definition) is 0. The van der Waals surface area contributed by atoms with Crippen LogP contribution >= 0.6 is 0 Å². The summed E-state index contributed by atoms with van der Waals surface area (Å²) in [6.07, 6.45) is 12.8. The highest BCUT2D eigenvalue weighted by Crippen LogP contribution is 2.38. The van der Waals surface area contributed by atoms with Crippen LogP contribution in [0.2, 0.25) is 0 Å². The molecule has 0 radical (unpaired) electrons. The smallest absolute Gasteiger partial charge is 0.162 e. The normalized spacial score (nSPS) is 20.6. The SMILES string of the molecule is c1ccc(COc2cccc(N(c3ncnn4cncc34)C3CCC(CN4CCCC4)CC3)c2)cc1. The summed E-state index contributed by atoms with van der Waals surface area (Å²) in [6, 6.07) is 19.1. The van der Waals surface area contributed by atoms with Gasteiger partial charge in [-0.2, -0.15) is 5.10 Å². The van der Waals surface area contributed by atoms with Crippen molar-refractivity contribution in [1.82, 2.24) is 24.5 Å². The maximum atomic E-state index is 6.19. The molecule has 1 aliphatic carbocycles. The quantitative estimate of drug-likeness (QED) is 0.331. The van der Waals surface area contributed by atoms with E-state index in [0.29, 0.717) is 12.6 Å². The second-order valence-electron chi connectivity index (χ2n) is 10.1. The number of hydrogen-bond acceptors (Lipinski definition) is 6. The number of ether oxygens (including phenoxy) is 1. The van der Waals surface area contributed by atoms with Crippen LogP contribution in [0.3, 0.4) is 0 Å². The predicted molar refractivity (Wildman–Crippen MR) is 142 cm³/mol. The Bertz CT molecular complexity index is 1260. The first-order chi connectivity index (χ1) is 17.8. The van der Waals surface area contributed by atoms with E-state index in [2.05, 4.69) is 50.2 Å². The molecule has 3 heterocycles. The summed E-state index contributed by atoms with van der Waals surface area (Å²) >= 11 is 0. The highest BCUT2D eigenvalue weighted by Gasteiger charge is 2.30. The van der Waals surface area contributed by atoms with Crippen LogP contribution in [0.1, 0.15) is 44.1 Å². The van der Waals surface area contributed by atoms with Gasteiger partial charge in [0.25, 0.3) is 0 Å². The Morgan fingerprint density at radius 2 is 1.78 bits per heavy atom. The number of aromatic nitrogens is 4. The average Bonchev–Trinajstić information content (AvgIpc) is 3.62. The van der Waals surface area contributed by atoms with Crippen molar-refractivity contribution in [3.8, 4) is 5.75 Å². The molecular weight excluding hydrogens is 448 g/mol. The summed E-state index contributed by atoms with van der Waals surface area (Å²) < 4.78 is 8.00. The third-order valence-electron chi connectivity index (χ3n) is 7.67. The molecule has 2 aromatic heterocycles. The Hall–Kier alpha value is -3.45. The lowest BCUT2D eigenvalue weighted by Crippen LogP contribution is -2.38. The van der Waals surface area contributed by atoms with Gasteiger partial charge >= 0.3 is 0 Å². The zero-order valence-corrected chi connectivity index (χ0v) is 20.7. The largest absolute Gasteiger partial charge is 0.489 e. The highest BCUT2D eigenvalue weighted by molar-refractivity contribution is 5.75. The molecule has 1 aliphatic heterocycles. The standard InChI is InChI=1S/C29H34N6O/c1-2-7-24(8-3-1)20-36-27-10-6-9-26(17-27)35(29-28-18-30-22-34(28)32-21-31-29)25-13-11-23(12-14-25)19-33-15-4-5-16-33/h1-3,6-10,17-18,21-23,25H,4-5,11-16,19-20H2. The Labute approximate surface area is 212 Å². The zero-order valence-electron chi connectivity index (χ0n) is 20.7. The summed E-state index contributed by atoms with van der Waals surface area (Å²) in [4.78, 5) is 14.2. The van der Waals surface area contributed by atoms with Gasteiger partial charge in [-0.15, -0.1) is 0 Å².